The molecule has 1 aromatic carbocycles. The van der Waals surface area contributed by atoms with E-state index in [0.717, 1.165) is 10.9 Å². The van der Waals surface area contributed by atoms with Crippen LogP contribution in [0.15, 0.2) is 30.6 Å². The molecule has 0 saturated heterocycles. The molecule has 21 heavy (non-hydrogen) atoms. The zero-order chi connectivity index (χ0) is 15.3. The van der Waals surface area contributed by atoms with Crippen LogP contribution in [0.4, 0.5) is 5.82 Å². The van der Waals surface area contributed by atoms with Gasteiger partial charge in [-0.05, 0) is 12.1 Å². The van der Waals surface area contributed by atoms with E-state index in [1.165, 1.54) is 10.6 Å². The van der Waals surface area contributed by atoms with Gasteiger partial charge in [-0.1, -0.05) is 26.0 Å². The van der Waals surface area contributed by atoms with Crippen molar-refractivity contribution in [2.75, 3.05) is 30.7 Å². The Morgan fingerprint density at radius 3 is 2.57 bits per heavy atom. The van der Waals surface area contributed by atoms with Crippen LogP contribution >= 0.6 is 0 Å². The van der Waals surface area contributed by atoms with Crippen molar-refractivity contribution in [3.8, 4) is 0 Å². The number of nitrogens with one attached hydrogen (secondary N) is 1. The Hall–Kier alpha value is -1.73. The monoisotopic (exact) mass is 308 g/mol. The molecule has 0 radical (unpaired) electrons. The summed E-state index contributed by atoms with van der Waals surface area (Å²) in [4.78, 5) is 8.36. The van der Waals surface area contributed by atoms with Gasteiger partial charge in [0.25, 0.3) is 0 Å². The van der Waals surface area contributed by atoms with Gasteiger partial charge < -0.3 is 5.32 Å². The number of hydrogen-bond acceptors (Lipinski definition) is 5. The molecule has 1 heterocycles. The molecule has 0 aliphatic rings. The van der Waals surface area contributed by atoms with Crippen LogP contribution in [0.1, 0.15) is 13.8 Å². The predicted molar refractivity (Wildman–Crippen MR) is 84.7 cm³/mol. The van der Waals surface area contributed by atoms with E-state index < -0.39 is 10.0 Å². The fourth-order valence-corrected chi connectivity index (χ4v) is 3.60. The van der Waals surface area contributed by atoms with E-state index in [0.29, 0.717) is 25.5 Å². The van der Waals surface area contributed by atoms with E-state index in [2.05, 4.69) is 15.3 Å². The van der Waals surface area contributed by atoms with Crippen molar-refractivity contribution < 1.29 is 8.42 Å². The zero-order valence-corrected chi connectivity index (χ0v) is 13.1. The van der Waals surface area contributed by atoms with Gasteiger partial charge in [0, 0.05) is 25.0 Å². The highest BCUT2D eigenvalue weighted by Crippen LogP contribution is 2.18. The van der Waals surface area contributed by atoms with Gasteiger partial charge in [0.15, 0.2) is 0 Å². The maximum atomic E-state index is 12.1. The van der Waals surface area contributed by atoms with Crippen molar-refractivity contribution in [1.29, 1.82) is 0 Å². The molecule has 2 aromatic rings. The first-order chi connectivity index (χ1) is 10.1. The number of rotatable bonds is 7. The Kier molecular flexibility index (Phi) is 5.08. The number of anilines is 1. The molecule has 114 valence electrons. The summed E-state index contributed by atoms with van der Waals surface area (Å²) in [5, 5.41) is 3.98. The van der Waals surface area contributed by atoms with Crippen LogP contribution in [0.3, 0.4) is 0 Å². The average Bonchev–Trinajstić information content (AvgIpc) is 2.48. The standard InChI is InChI=1S/C14H20N4O2S/c1-3-18(4-2)21(19,20)10-9-15-14-12-7-5-6-8-13(12)16-11-17-14/h5-8,11H,3-4,9-10H2,1-2H3,(H,15,16,17). The smallest absolute Gasteiger partial charge is 0.215 e. The third kappa shape index (κ3) is 3.68. The van der Waals surface area contributed by atoms with E-state index in [-0.39, 0.29) is 5.75 Å². The Morgan fingerprint density at radius 2 is 1.86 bits per heavy atom. The molecular weight excluding hydrogens is 288 g/mol. The van der Waals surface area contributed by atoms with Gasteiger partial charge in [-0.25, -0.2) is 22.7 Å². The molecular formula is C14H20N4O2S. The summed E-state index contributed by atoms with van der Waals surface area (Å²) >= 11 is 0. The second kappa shape index (κ2) is 6.82. The van der Waals surface area contributed by atoms with Crippen LogP contribution in [0.25, 0.3) is 10.9 Å². The number of sulfonamides is 1. The first kappa shape index (κ1) is 15.7. The number of nitrogens with zero attached hydrogens (tertiary/aromatic N) is 3. The number of aromatic nitrogens is 2. The van der Waals surface area contributed by atoms with E-state index in [1.54, 1.807) is 0 Å². The minimum Gasteiger partial charge on any atom is -0.368 e. The largest absolute Gasteiger partial charge is 0.368 e. The van der Waals surface area contributed by atoms with E-state index in [9.17, 15) is 8.42 Å². The third-order valence-corrected chi connectivity index (χ3v) is 5.32. The molecule has 6 nitrogen and oxygen atoms in total. The summed E-state index contributed by atoms with van der Waals surface area (Å²) in [6.07, 6.45) is 1.48. The topological polar surface area (TPSA) is 75.2 Å². The Balaban J connectivity index is 2.06. The van der Waals surface area contributed by atoms with Crippen LogP contribution < -0.4 is 5.32 Å². The molecule has 2 rings (SSSR count). The predicted octanol–water partition coefficient (Wildman–Crippen LogP) is 1.71. The van der Waals surface area contributed by atoms with E-state index in [4.69, 9.17) is 0 Å². The van der Waals surface area contributed by atoms with Gasteiger partial charge in [-0.2, -0.15) is 0 Å². The SMILES string of the molecule is CCN(CC)S(=O)(=O)CCNc1ncnc2ccccc12. The van der Waals surface area contributed by atoms with Crippen molar-refractivity contribution >= 4 is 26.7 Å². The Bertz CT molecular complexity index is 694. The molecule has 7 heteroatoms. The lowest BCUT2D eigenvalue weighted by Crippen LogP contribution is -2.34. The molecule has 0 aliphatic carbocycles. The minimum atomic E-state index is -3.22. The van der Waals surface area contributed by atoms with Gasteiger partial charge in [-0.3, -0.25) is 0 Å². The van der Waals surface area contributed by atoms with Crippen molar-refractivity contribution in [1.82, 2.24) is 14.3 Å². The first-order valence-electron chi connectivity index (χ1n) is 7.00. The molecule has 1 N–H and O–H groups in total. The third-order valence-electron chi connectivity index (χ3n) is 3.29. The maximum absolute atomic E-state index is 12.1. The van der Waals surface area contributed by atoms with Crippen molar-refractivity contribution in [2.24, 2.45) is 0 Å². The molecule has 0 aliphatic heterocycles. The quantitative estimate of drug-likeness (QED) is 0.843. The van der Waals surface area contributed by atoms with E-state index in [1.807, 2.05) is 38.1 Å². The Morgan fingerprint density at radius 1 is 1.14 bits per heavy atom. The highest BCUT2D eigenvalue weighted by Gasteiger charge is 2.18. The summed E-state index contributed by atoms with van der Waals surface area (Å²) in [7, 11) is -3.22. The number of hydrogen-bond donors (Lipinski definition) is 1. The van der Waals surface area contributed by atoms with Crippen molar-refractivity contribution in [3.63, 3.8) is 0 Å². The van der Waals surface area contributed by atoms with Crippen LogP contribution in [0.2, 0.25) is 0 Å². The van der Waals surface area contributed by atoms with E-state index >= 15 is 0 Å². The fraction of sp³-hybridized carbons (Fsp3) is 0.429. The molecule has 0 amide bonds. The van der Waals surface area contributed by atoms with Crippen molar-refractivity contribution in [2.45, 2.75) is 13.8 Å². The molecule has 0 unspecified atom stereocenters. The maximum Gasteiger partial charge on any atom is 0.215 e. The molecule has 1 aromatic heterocycles. The number of benzene rings is 1. The van der Waals surface area contributed by atoms with Crippen LogP contribution in [-0.4, -0.2) is 48.1 Å². The average molecular weight is 308 g/mol. The van der Waals surface area contributed by atoms with Gasteiger partial charge in [0.2, 0.25) is 10.0 Å². The molecule has 0 spiro atoms. The highest BCUT2D eigenvalue weighted by molar-refractivity contribution is 7.89. The summed E-state index contributed by atoms with van der Waals surface area (Å²) in [6, 6.07) is 7.62. The lowest BCUT2D eigenvalue weighted by atomic mass is 10.2. The highest BCUT2D eigenvalue weighted by atomic mass is 32.2. The minimum absolute atomic E-state index is 0.0486. The van der Waals surface area contributed by atoms with Crippen molar-refractivity contribution in [3.05, 3.63) is 30.6 Å². The van der Waals surface area contributed by atoms with Gasteiger partial charge in [-0.15, -0.1) is 0 Å². The fourth-order valence-electron chi connectivity index (χ4n) is 2.19. The summed E-state index contributed by atoms with van der Waals surface area (Å²) in [6.45, 7) is 4.99. The normalized spacial score (nSPS) is 12.0. The van der Waals surface area contributed by atoms with Gasteiger partial charge in [0.05, 0.1) is 11.3 Å². The van der Waals surface area contributed by atoms with Crippen LogP contribution in [0.5, 0.6) is 0 Å². The first-order valence-corrected chi connectivity index (χ1v) is 8.60. The van der Waals surface area contributed by atoms with Gasteiger partial charge in [0.1, 0.15) is 12.1 Å². The number of para-hydroxylation sites is 1. The summed E-state index contributed by atoms with van der Waals surface area (Å²) in [5.74, 6) is 0.711. The van der Waals surface area contributed by atoms with Crippen LogP contribution in [-0.2, 0) is 10.0 Å². The van der Waals surface area contributed by atoms with Gasteiger partial charge >= 0.3 is 0 Å². The molecule has 0 fully saturated rings. The second-order valence-corrected chi connectivity index (χ2v) is 6.65. The lowest BCUT2D eigenvalue weighted by Gasteiger charge is -2.18. The summed E-state index contributed by atoms with van der Waals surface area (Å²) in [5.41, 5.74) is 0.835. The summed E-state index contributed by atoms with van der Waals surface area (Å²) < 4.78 is 25.7. The lowest BCUT2D eigenvalue weighted by molar-refractivity contribution is 0.446. The second-order valence-electron chi connectivity index (χ2n) is 4.57. The molecule has 0 atom stereocenters. The Labute approximate surface area is 125 Å². The molecule has 0 saturated carbocycles. The molecule has 0 bridgehead atoms. The number of fused-ring (bicyclic) bond motifs is 1. The van der Waals surface area contributed by atoms with Crippen LogP contribution in [0, 0.1) is 0 Å². The zero-order valence-electron chi connectivity index (χ0n) is 12.3.